The van der Waals surface area contributed by atoms with Gasteiger partial charge in [-0.3, -0.25) is 0 Å². The predicted molar refractivity (Wildman–Crippen MR) is 68.0 cm³/mol. The molecule has 0 saturated carbocycles. The van der Waals surface area contributed by atoms with Crippen LogP contribution in [0.3, 0.4) is 0 Å². The van der Waals surface area contributed by atoms with E-state index in [1.807, 2.05) is 31.2 Å². The Morgan fingerprint density at radius 1 is 1.47 bits per heavy atom. The second-order valence-electron chi connectivity index (χ2n) is 3.82. The smallest absolute Gasteiger partial charge is 0.334 e. The van der Waals surface area contributed by atoms with E-state index in [-0.39, 0.29) is 0 Å². The molecule has 0 atom stereocenters. The molecule has 2 amide bonds. The second-order valence-corrected chi connectivity index (χ2v) is 3.82. The predicted octanol–water partition coefficient (Wildman–Crippen LogP) is 1.82. The van der Waals surface area contributed by atoms with Gasteiger partial charge in [0, 0.05) is 29.2 Å². The minimum atomic E-state index is -0.584. The molecule has 2 aromatic rings. The van der Waals surface area contributed by atoms with Gasteiger partial charge in [0.25, 0.3) is 0 Å². The molecule has 0 aliphatic rings. The average molecular weight is 230 g/mol. The molecule has 2 rings (SSSR count). The van der Waals surface area contributed by atoms with Gasteiger partial charge in [-0.1, -0.05) is 18.2 Å². The molecule has 88 valence electrons. The highest BCUT2D eigenvalue weighted by Gasteiger charge is 2.06. The summed E-state index contributed by atoms with van der Waals surface area (Å²) < 4.78 is 0. The number of carbonyl (C=O) groups is 1. The molecule has 0 saturated heterocycles. The maximum absolute atomic E-state index is 10.8. The number of para-hydroxylation sites is 1. The van der Waals surface area contributed by atoms with Crippen molar-refractivity contribution in [2.24, 2.45) is 10.8 Å². The Labute approximate surface area is 98.9 Å². The third kappa shape index (κ3) is 2.13. The van der Waals surface area contributed by atoms with Crippen LogP contribution in [-0.2, 0) is 0 Å². The standard InChI is InChI=1S/C12H14N4O/c1-8-10(7-14-16(2)12(13)17)9-5-3-4-6-11(9)15-8/h3-7,15H,1-2H3,(H2,13,17). The SMILES string of the molecule is Cc1[nH]c2ccccc2c1C=NN(C)C(N)=O. The first kappa shape index (κ1) is 11.2. The number of aryl methyl sites for hydroxylation is 1. The highest BCUT2D eigenvalue weighted by Crippen LogP contribution is 2.19. The Hall–Kier alpha value is -2.30. The van der Waals surface area contributed by atoms with E-state index in [2.05, 4.69) is 10.1 Å². The maximum Gasteiger partial charge on any atom is 0.334 e. The van der Waals surface area contributed by atoms with Crippen molar-refractivity contribution in [1.29, 1.82) is 0 Å². The summed E-state index contributed by atoms with van der Waals surface area (Å²) in [5, 5.41) is 6.16. The number of aromatic nitrogens is 1. The van der Waals surface area contributed by atoms with Gasteiger partial charge < -0.3 is 10.7 Å². The lowest BCUT2D eigenvalue weighted by Crippen LogP contribution is -2.27. The number of aromatic amines is 1. The number of H-pyrrole nitrogens is 1. The first-order valence-electron chi connectivity index (χ1n) is 5.24. The highest BCUT2D eigenvalue weighted by atomic mass is 16.2. The zero-order valence-corrected chi connectivity index (χ0v) is 9.77. The van der Waals surface area contributed by atoms with E-state index < -0.39 is 6.03 Å². The van der Waals surface area contributed by atoms with Crippen LogP contribution in [0.5, 0.6) is 0 Å². The van der Waals surface area contributed by atoms with Crippen LogP contribution in [0.4, 0.5) is 4.79 Å². The molecule has 0 bridgehead atoms. The van der Waals surface area contributed by atoms with Gasteiger partial charge in [-0.25, -0.2) is 9.80 Å². The van der Waals surface area contributed by atoms with Crippen molar-refractivity contribution in [1.82, 2.24) is 9.99 Å². The minimum absolute atomic E-state index is 0.584. The number of hydrazone groups is 1. The average Bonchev–Trinajstić information content (AvgIpc) is 2.61. The van der Waals surface area contributed by atoms with Gasteiger partial charge in [0.1, 0.15) is 0 Å². The van der Waals surface area contributed by atoms with Crippen LogP contribution in [0.1, 0.15) is 11.3 Å². The molecular formula is C12H14N4O. The summed E-state index contributed by atoms with van der Waals surface area (Å²) in [6, 6.07) is 7.35. The Balaban J connectivity index is 2.42. The van der Waals surface area contributed by atoms with Crippen LogP contribution in [0.25, 0.3) is 10.9 Å². The largest absolute Gasteiger partial charge is 0.358 e. The molecule has 5 heteroatoms. The summed E-state index contributed by atoms with van der Waals surface area (Å²) in [6.45, 7) is 1.96. The van der Waals surface area contributed by atoms with Gasteiger partial charge in [0.05, 0.1) is 6.21 Å². The van der Waals surface area contributed by atoms with Crippen LogP contribution < -0.4 is 5.73 Å². The summed E-state index contributed by atoms with van der Waals surface area (Å²) in [4.78, 5) is 14.1. The molecule has 17 heavy (non-hydrogen) atoms. The van der Waals surface area contributed by atoms with Crippen molar-refractivity contribution in [3.8, 4) is 0 Å². The Morgan fingerprint density at radius 3 is 2.88 bits per heavy atom. The lowest BCUT2D eigenvalue weighted by molar-refractivity contribution is 0.220. The first-order valence-corrected chi connectivity index (χ1v) is 5.24. The fourth-order valence-electron chi connectivity index (χ4n) is 1.67. The van der Waals surface area contributed by atoms with E-state index in [0.29, 0.717) is 0 Å². The van der Waals surface area contributed by atoms with E-state index in [1.165, 1.54) is 7.05 Å². The van der Waals surface area contributed by atoms with Gasteiger partial charge >= 0.3 is 6.03 Å². The van der Waals surface area contributed by atoms with E-state index in [9.17, 15) is 4.79 Å². The van der Waals surface area contributed by atoms with Gasteiger partial charge in [-0.05, 0) is 13.0 Å². The number of nitrogens with zero attached hydrogens (tertiary/aromatic N) is 2. The quantitative estimate of drug-likeness (QED) is 0.599. The summed E-state index contributed by atoms with van der Waals surface area (Å²) in [6.07, 6.45) is 1.64. The lowest BCUT2D eigenvalue weighted by atomic mass is 10.1. The number of fused-ring (bicyclic) bond motifs is 1. The molecule has 0 aliphatic carbocycles. The Morgan fingerprint density at radius 2 is 2.18 bits per heavy atom. The number of hydrogen-bond acceptors (Lipinski definition) is 2. The molecular weight excluding hydrogens is 216 g/mol. The number of hydrogen-bond donors (Lipinski definition) is 2. The van der Waals surface area contributed by atoms with Crippen LogP contribution in [0.15, 0.2) is 29.4 Å². The van der Waals surface area contributed by atoms with Crippen LogP contribution in [0, 0.1) is 6.92 Å². The zero-order chi connectivity index (χ0) is 12.4. The molecule has 1 heterocycles. The number of urea groups is 1. The number of amides is 2. The summed E-state index contributed by atoms with van der Waals surface area (Å²) in [5.74, 6) is 0. The number of nitrogens with one attached hydrogen (secondary N) is 1. The van der Waals surface area contributed by atoms with Gasteiger partial charge in [-0.15, -0.1) is 0 Å². The normalized spacial score (nSPS) is 11.2. The van der Waals surface area contributed by atoms with Gasteiger partial charge in [-0.2, -0.15) is 5.10 Å². The molecule has 3 N–H and O–H groups in total. The van der Waals surface area contributed by atoms with E-state index in [1.54, 1.807) is 6.21 Å². The third-order valence-corrected chi connectivity index (χ3v) is 2.62. The topological polar surface area (TPSA) is 74.5 Å². The van der Waals surface area contributed by atoms with Gasteiger partial charge in [0.15, 0.2) is 0 Å². The summed E-state index contributed by atoms with van der Waals surface area (Å²) in [7, 11) is 1.52. The number of rotatable bonds is 2. The van der Waals surface area contributed by atoms with Crippen molar-refractivity contribution < 1.29 is 4.79 Å². The molecule has 0 spiro atoms. The number of benzene rings is 1. The fourth-order valence-corrected chi connectivity index (χ4v) is 1.67. The number of nitrogens with two attached hydrogens (primary N) is 1. The van der Waals surface area contributed by atoms with E-state index in [4.69, 9.17) is 5.73 Å². The first-order chi connectivity index (χ1) is 8.09. The third-order valence-electron chi connectivity index (χ3n) is 2.62. The maximum atomic E-state index is 10.8. The highest BCUT2D eigenvalue weighted by molar-refractivity contribution is 6.00. The van der Waals surface area contributed by atoms with Crippen molar-refractivity contribution in [2.75, 3.05) is 7.05 Å². The summed E-state index contributed by atoms with van der Waals surface area (Å²) >= 11 is 0. The summed E-state index contributed by atoms with van der Waals surface area (Å²) in [5.41, 5.74) is 8.11. The zero-order valence-electron chi connectivity index (χ0n) is 9.77. The Kier molecular flexibility index (Phi) is 2.82. The molecule has 0 unspecified atom stereocenters. The fraction of sp³-hybridized carbons (Fsp3) is 0.167. The molecule has 0 aliphatic heterocycles. The molecule has 5 nitrogen and oxygen atoms in total. The van der Waals surface area contributed by atoms with Crippen molar-refractivity contribution in [2.45, 2.75) is 6.92 Å². The molecule has 0 radical (unpaired) electrons. The van der Waals surface area contributed by atoms with E-state index >= 15 is 0 Å². The Bertz CT molecular complexity index is 585. The minimum Gasteiger partial charge on any atom is -0.358 e. The number of carbonyl (C=O) groups excluding carboxylic acids is 1. The van der Waals surface area contributed by atoms with Crippen molar-refractivity contribution in [3.05, 3.63) is 35.5 Å². The van der Waals surface area contributed by atoms with Gasteiger partial charge in [0.2, 0.25) is 0 Å². The monoisotopic (exact) mass is 230 g/mol. The molecule has 1 aromatic heterocycles. The second kappa shape index (κ2) is 4.29. The molecule has 1 aromatic carbocycles. The van der Waals surface area contributed by atoms with Crippen LogP contribution in [0.2, 0.25) is 0 Å². The lowest BCUT2D eigenvalue weighted by Gasteiger charge is -2.05. The van der Waals surface area contributed by atoms with Crippen molar-refractivity contribution in [3.63, 3.8) is 0 Å². The van der Waals surface area contributed by atoms with E-state index in [0.717, 1.165) is 27.2 Å². The number of primary amides is 1. The van der Waals surface area contributed by atoms with Crippen molar-refractivity contribution >= 4 is 23.1 Å². The van der Waals surface area contributed by atoms with Crippen LogP contribution >= 0.6 is 0 Å². The van der Waals surface area contributed by atoms with Crippen LogP contribution in [-0.4, -0.2) is 29.3 Å². The molecule has 0 fully saturated rings.